The first-order valence-electron chi connectivity index (χ1n) is 12.5. The summed E-state index contributed by atoms with van der Waals surface area (Å²) in [7, 11) is -1.96. The van der Waals surface area contributed by atoms with E-state index in [1.54, 1.807) is 18.3 Å². The maximum Gasteiger partial charge on any atom is 0.229 e. The van der Waals surface area contributed by atoms with E-state index >= 15 is 0 Å². The summed E-state index contributed by atoms with van der Waals surface area (Å²) in [6.07, 6.45) is 2.89. The standard InChI is InChI=1S/C29H31N5O3S2/c1-19-16-23(20(2)33(19)18-21-10-6-5-7-11-21)28-27(25-12-8-9-15-30-25)31-29(38)34(28)22-13-14-24(26(17-22)37-3)32-39(4,35)36/h5-17,27-28,32H,18H2,1-4H3,(H,31,38)/t27-,28-/m0/s1. The van der Waals surface area contributed by atoms with Crippen LogP contribution in [0.3, 0.4) is 0 Å². The monoisotopic (exact) mass is 561 g/mol. The summed E-state index contributed by atoms with van der Waals surface area (Å²) >= 11 is 5.89. The molecule has 1 saturated heterocycles. The van der Waals surface area contributed by atoms with E-state index in [0.717, 1.165) is 41.1 Å². The lowest BCUT2D eigenvalue weighted by atomic mass is 9.96. The molecule has 39 heavy (non-hydrogen) atoms. The number of nitrogens with zero attached hydrogens (tertiary/aromatic N) is 3. The van der Waals surface area contributed by atoms with Crippen LogP contribution in [0.15, 0.2) is 79.0 Å². The number of benzene rings is 2. The lowest BCUT2D eigenvalue weighted by Gasteiger charge is -2.29. The van der Waals surface area contributed by atoms with Gasteiger partial charge in [-0.1, -0.05) is 36.4 Å². The van der Waals surface area contributed by atoms with E-state index in [1.165, 1.54) is 12.7 Å². The highest BCUT2D eigenvalue weighted by molar-refractivity contribution is 7.92. The molecule has 0 amide bonds. The fraction of sp³-hybridized carbons (Fsp3) is 0.241. The van der Waals surface area contributed by atoms with Crippen LogP contribution in [0, 0.1) is 13.8 Å². The molecule has 2 aromatic carbocycles. The van der Waals surface area contributed by atoms with E-state index in [1.807, 2.05) is 30.3 Å². The molecule has 8 nitrogen and oxygen atoms in total. The van der Waals surface area contributed by atoms with Gasteiger partial charge in [-0.2, -0.15) is 0 Å². The van der Waals surface area contributed by atoms with Gasteiger partial charge in [0, 0.05) is 35.9 Å². The highest BCUT2D eigenvalue weighted by Crippen LogP contribution is 2.44. The largest absolute Gasteiger partial charge is 0.494 e. The highest BCUT2D eigenvalue weighted by atomic mass is 32.2. The van der Waals surface area contributed by atoms with Crippen molar-refractivity contribution in [2.24, 2.45) is 0 Å². The number of hydrogen-bond acceptors (Lipinski definition) is 5. The minimum Gasteiger partial charge on any atom is -0.494 e. The molecule has 2 N–H and O–H groups in total. The number of rotatable bonds is 8. The Labute approximate surface area is 234 Å². The van der Waals surface area contributed by atoms with Gasteiger partial charge in [0.05, 0.1) is 36.8 Å². The number of aryl methyl sites for hydroxylation is 1. The fourth-order valence-corrected chi connectivity index (χ4v) is 6.11. The maximum absolute atomic E-state index is 11.9. The second-order valence-electron chi connectivity index (χ2n) is 9.65. The van der Waals surface area contributed by atoms with Gasteiger partial charge in [-0.3, -0.25) is 9.71 Å². The molecule has 0 spiro atoms. The molecule has 4 aromatic rings. The van der Waals surface area contributed by atoms with Gasteiger partial charge in [0.15, 0.2) is 5.11 Å². The maximum atomic E-state index is 11.9. The summed E-state index contributed by atoms with van der Waals surface area (Å²) in [5.74, 6) is 0.398. The third kappa shape index (κ3) is 5.48. The molecule has 1 fully saturated rings. The van der Waals surface area contributed by atoms with Crippen molar-refractivity contribution in [2.45, 2.75) is 32.5 Å². The Bertz CT molecular complexity index is 1600. The number of aromatic nitrogens is 2. The van der Waals surface area contributed by atoms with Gasteiger partial charge in [0.2, 0.25) is 10.0 Å². The number of pyridine rings is 1. The number of anilines is 2. The first-order chi connectivity index (χ1) is 18.7. The first kappa shape index (κ1) is 26.7. The van der Waals surface area contributed by atoms with Crippen molar-refractivity contribution in [1.29, 1.82) is 0 Å². The van der Waals surface area contributed by atoms with E-state index in [2.05, 4.69) is 68.7 Å². The number of nitrogens with one attached hydrogen (secondary N) is 2. The number of ether oxygens (including phenoxy) is 1. The second-order valence-corrected chi connectivity index (χ2v) is 11.8. The SMILES string of the molecule is COc1cc(N2C(=S)N[C@@H](c3ccccn3)[C@@H]2c2cc(C)n(Cc3ccccc3)c2C)ccc1NS(C)(=O)=O. The van der Waals surface area contributed by atoms with E-state index in [0.29, 0.717) is 16.5 Å². The van der Waals surface area contributed by atoms with Gasteiger partial charge in [-0.15, -0.1) is 0 Å². The summed E-state index contributed by atoms with van der Waals surface area (Å²) < 4.78 is 34.2. The lowest BCUT2D eigenvalue weighted by molar-refractivity contribution is 0.417. The second kappa shape index (κ2) is 10.7. The molecule has 0 unspecified atom stereocenters. The molecule has 0 saturated carbocycles. The Morgan fingerprint density at radius 1 is 1.05 bits per heavy atom. The molecule has 10 heteroatoms. The third-order valence-corrected chi connectivity index (χ3v) is 7.88. The fourth-order valence-electron chi connectivity index (χ4n) is 5.20. The number of sulfonamides is 1. The zero-order valence-corrected chi connectivity index (χ0v) is 23.9. The van der Waals surface area contributed by atoms with Gasteiger partial charge >= 0.3 is 0 Å². The molecule has 0 radical (unpaired) electrons. The van der Waals surface area contributed by atoms with Crippen molar-refractivity contribution in [1.82, 2.24) is 14.9 Å². The quantitative estimate of drug-likeness (QED) is 0.289. The van der Waals surface area contributed by atoms with Gasteiger partial charge < -0.3 is 19.5 Å². The Balaban J connectivity index is 1.62. The minimum absolute atomic E-state index is 0.204. The van der Waals surface area contributed by atoms with E-state index < -0.39 is 10.0 Å². The summed E-state index contributed by atoms with van der Waals surface area (Å²) in [5, 5.41) is 4.05. The molecule has 3 heterocycles. The zero-order valence-electron chi connectivity index (χ0n) is 22.3. The van der Waals surface area contributed by atoms with Crippen molar-refractivity contribution < 1.29 is 13.2 Å². The van der Waals surface area contributed by atoms with Gasteiger partial charge in [-0.05, 0) is 67.5 Å². The van der Waals surface area contributed by atoms with Crippen LogP contribution >= 0.6 is 12.2 Å². The first-order valence-corrected chi connectivity index (χ1v) is 14.8. The van der Waals surface area contributed by atoms with Crippen LogP contribution in [0.4, 0.5) is 11.4 Å². The van der Waals surface area contributed by atoms with Gasteiger partial charge in [-0.25, -0.2) is 8.42 Å². The Morgan fingerprint density at radius 3 is 2.46 bits per heavy atom. The number of thiocarbonyl (C=S) groups is 1. The molecule has 5 rings (SSSR count). The normalized spacial score (nSPS) is 17.2. The molecule has 0 aliphatic carbocycles. The van der Waals surface area contributed by atoms with Gasteiger partial charge in [0.1, 0.15) is 5.75 Å². The van der Waals surface area contributed by atoms with Crippen LogP contribution in [0.2, 0.25) is 0 Å². The predicted octanol–water partition coefficient (Wildman–Crippen LogP) is 5.11. The van der Waals surface area contributed by atoms with Crippen molar-refractivity contribution >= 4 is 38.7 Å². The number of hydrogen-bond donors (Lipinski definition) is 2. The molecule has 202 valence electrons. The Hall–Kier alpha value is -3.89. The number of methoxy groups -OCH3 is 1. The van der Waals surface area contributed by atoms with Crippen molar-refractivity contribution in [3.05, 3.63) is 107 Å². The van der Waals surface area contributed by atoms with Crippen LogP contribution in [0.25, 0.3) is 0 Å². The topological polar surface area (TPSA) is 88.5 Å². The van der Waals surface area contributed by atoms with Gasteiger partial charge in [0.25, 0.3) is 0 Å². The van der Waals surface area contributed by atoms with Crippen LogP contribution in [0.5, 0.6) is 5.75 Å². The summed E-state index contributed by atoms with van der Waals surface area (Å²) in [6.45, 7) is 5.02. The van der Waals surface area contributed by atoms with Crippen LogP contribution < -0.4 is 19.7 Å². The van der Waals surface area contributed by atoms with Crippen LogP contribution in [-0.2, 0) is 16.6 Å². The smallest absolute Gasteiger partial charge is 0.229 e. The molecule has 0 bridgehead atoms. The van der Waals surface area contributed by atoms with Crippen molar-refractivity contribution in [3.8, 4) is 5.75 Å². The van der Waals surface area contributed by atoms with E-state index in [9.17, 15) is 8.42 Å². The summed E-state index contributed by atoms with van der Waals surface area (Å²) in [5.41, 5.74) is 6.66. The molecule has 1 aliphatic heterocycles. The molecule has 2 aromatic heterocycles. The Kier molecular flexibility index (Phi) is 7.33. The zero-order chi connectivity index (χ0) is 27.7. The van der Waals surface area contributed by atoms with Crippen molar-refractivity contribution in [2.75, 3.05) is 23.0 Å². The van der Waals surface area contributed by atoms with E-state index in [4.69, 9.17) is 17.0 Å². The lowest BCUT2D eigenvalue weighted by Crippen LogP contribution is -2.29. The molecule has 1 aliphatic rings. The van der Waals surface area contributed by atoms with Crippen LogP contribution in [-0.4, -0.2) is 36.4 Å². The molecular formula is C29H31N5O3S2. The predicted molar refractivity (Wildman–Crippen MR) is 159 cm³/mol. The minimum atomic E-state index is -3.48. The molecular weight excluding hydrogens is 530 g/mol. The van der Waals surface area contributed by atoms with Crippen molar-refractivity contribution in [3.63, 3.8) is 0 Å². The highest BCUT2D eigenvalue weighted by Gasteiger charge is 2.42. The molecule has 2 atom stereocenters. The summed E-state index contributed by atoms with van der Waals surface area (Å²) in [4.78, 5) is 6.72. The summed E-state index contributed by atoms with van der Waals surface area (Å²) in [6, 6.07) is 23.4. The average molecular weight is 562 g/mol. The third-order valence-electron chi connectivity index (χ3n) is 6.97. The Morgan fingerprint density at radius 2 is 1.79 bits per heavy atom. The average Bonchev–Trinajstić information content (AvgIpc) is 3.40. The van der Waals surface area contributed by atoms with Crippen LogP contribution in [0.1, 0.15) is 40.3 Å². The van der Waals surface area contributed by atoms with E-state index in [-0.39, 0.29) is 12.1 Å².